The topological polar surface area (TPSA) is 93.5 Å². The number of rotatable bonds is 9. The molecular formula is C33H35FN4O3. The largest absolute Gasteiger partial charge is 0.330 e. The average Bonchev–Trinajstić information content (AvgIpc) is 3.22. The van der Waals surface area contributed by atoms with Gasteiger partial charge in [0.2, 0.25) is 11.8 Å². The molecule has 0 radical (unpaired) electrons. The molecule has 0 saturated carbocycles. The molecule has 4 rings (SSSR count). The Morgan fingerprint density at radius 1 is 1.00 bits per heavy atom. The fourth-order valence-corrected chi connectivity index (χ4v) is 5.43. The van der Waals surface area contributed by atoms with E-state index in [1.54, 1.807) is 63.5 Å². The van der Waals surface area contributed by atoms with E-state index in [1.165, 1.54) is 15.9 Å². The molecule has 8 heteroatoms. The summed E-state index contributed by atoms with van der Waals surface area (Å²) in [4.78, 5) is 43.3. The standard InChI is InChI=1S/C33H35FN4O3/c1-21(2)17-29(38(5)30(39)23-12-10-11-22(18-23)25-13-6-8-15-27(25)34)31(40)37(4)24(20-35)19-33(3)26-14-7-9-16-28(26)36-32(33)41/h6-16,18,21,24,29H,17,19H2,1-5H3,(H,36,41)/t24-,29-,33+/m0/s1. The summed E-state index contributed by atoms with van der Waals surface area (Å²) in [6.07, 6.45) is 0.475. The molecule has 0 spiro atoms. The molecule has 1 aliphatic heterocycles. The van der Waals surface area contributed by atoms with Crippen LogP contribution in [0.1, 0.15) is 49.5 Å². The number of anilines is 1. The van der Waals surface area contributed by atoms with Crippen LogP contribution in [0.25, 0.3) is 11.1 Å². The maximum Gasteiger partial charge on any atom is 0.254 e. The smallest absolute Gasteiger partial charge is 0.254 e. The Morgan fingerprint density at radius 3 is 2.37 bits per heavy atom. The first-order chi connectivity index (χ1) is 19.5. The van der Waals surface area contributed by atoms with Gasteiger partial charge in [-0.15, -0.1) is 0 Å². The number of nitriles is 1. The Bertz CT molecular complexity index is 1510. The maximum atomic E-state index is 14.4. The zero-order valence-electron chi connectivity index (χ0n) is 24.0. The van der Waals surface area contributed by atoms with Crippen molar-refractivity contribution in [1.29, 1.82) is 5.26 Å². The normalized spacial score (nSPS) is 17.3. The van der Waals surface area contributed by atoms with Crippen LogP contribution >= 0.6 is 0 Å². The monoisotopic (exact) mass is 554 g/mol. The van der Waals surface area contributed by atoms with Crippen LogP contribution in [0.4, 0.5) is 10.1 Å². The van der Waals surface area contributed by atoms with Crippen LogP contribution < -0.4 is 5.32 Å². The maximum absolute atomic E-state index is 14.4. The first-order valence-electron chi connectivity index (χ1n) is 13.7. The van der Waals surface area contributed by atoms with Gasteiger partial charge in [0.15, 0.2) is 0 Å². The van der Waals surface area contributed by atoms with E-state index in [-0.39, 0.29) is 30.1 Å². The molecule has 0 unspecified atom stereocenters. The van der Waals surface area contributed by atoms with Gasteiger partial charge in [-0.2, -0.15) is 5.26 Å². The molecule has 3 amide bonds. The van der Waals surface area contributed by atoms with Crippen LogP contribution in [-0.2, 0) is 15.0 Å². The van der Waals surface area contributed by atoms with Crippen molar-refractivity contribution in [3.05, 3.63) is 89.7 Å². The van der Waals surface area contributed by atoms with Crippen LogP contribution in [0, 0.1) is 23.1 Å². The zero-order chi connectivity index (χ0) is 29.9. The molecule has 3 atom stereocenters. The highest BCUT2D eigenvalue weighted by atomic mass is 19.1. The quantitative estimate of drug-likeness (QED) is 0.371. The van der Waals surface area contributed by atoms with Gasteiger partial charge in [-0.1, -0.05) is 62.4 Å². The summed E-state index contributed by atoms with van der Waals surface area (Å²) >= 11 is 0. The molecule has 0 aromatic heterocycles. The van der Waals surface area contributed by atoms with Gasteiger partial charge >= 0.3 is 0 Å². The molecule has 1 heterocycles. The van der Waals surface area contributed by atoms with E-state index in [2.05, 4.69) is 11.4 Å². The molecule has 0 saturated heterocycles. The highest BCUT2D eigenvalue weighted by Gasteiger charge is 2.46. The molecule has 0 bridgehead atoms. The minimum absolute atomic E-state index is 0.0721. The van der Waals surface area contributed by atoms with Crippen molar-refractivity contribution < 1.29 is 18.8 Å². The predicted octanol–water partition coefficient (Wildman–Crippen LogP) is 5.63. The summed E-state index contributed by atoms with van der Waals surface area (Å²) in [5.74, 6) is -1.32. The lowest BCUT2D eigenvalue weighted by Crippen LogP contribution is -2.52. The van der Waals surface area contributed by atoms with Gasteiger partial charge in [-0.25, -0.2) is 4.39 Å². The van der Waals surface area contributed by atoms with Gasteiger partial charge in [0.25, 0.3) is 5.91 Å². The fourth-order valence-electron chi connectivity index (χ4n) is 5.43. The summed E-state index contributed by atoms with van der Waals surface area (Å²) in [5, 5.41) is 13.0. The number of halogens is 1. The molecule has 1 aliphatic rings. The number of carbonyl (C=O) groups excluding carboxylic acids is 3. The Hall–Kier alpha value is -4.51. The molecule has 3 aromatic carbocycles. The number of nitrogens with one attached hydrogen (secondary N) is 1. The van der Waals surface area contributed by atoms with Crippen molar-refractivity contribution in [2.24, 2.45) is 5.92 Å². The summed E-state index contributed by atoms with van der Waals surface area (Å²) < 4.78 is 14.4. The second-order valence-corrected chi connectivity index (χ2v) is 11.3. The molecule has 1 N–H and O–H groups in total. The fraction of sp³-hybridized carbons (Fsp3) is 0.333. The number of fused-ring (bicyclic) bond motifs is 1. The van der Waals surface area contributed by atoms with Crippen LogP contribution in [0.5, 0.6) is 0 Å². The zero-order valence-corrected chi connectivity index (χ0v) is 24.0. The van der Waals surface area contributed by atoms with Crippen LogP contribution in [0.3, 0.4) is 0 Å². The number of hydrogen-bond donors (Lipinski definition) is 1. The van der Waals surface area contributed by atoms with E-state index in [0.29, 0.717) is 28.8 Å². The minimum atomic E-state index is -0.992. The van der Waals surface area contributed by atoms with E-state index in [0.717, 1.165) is 5.56 Å². The first kappa shape index (κ1) is 29.5. The van der Waals surface area contributed by atoms with Crippen LogP contribution in [0.15, 0.2) is 72.8 Å². The molecule has 41 heavy (non-hydrogen) atoms. The van der Waals surface area contributed by atoms with Gasteiger partial charge in [-0.3, -0.25) is 14.4 Å². The lowest BCUT2D eigenvalue weighted by molar-refractivity contribution is -0.137. The molecule has 0 fully saturated rings. The van der Waals surface area contributed by atoms with E-state index < -0.39 is 23.3 Å². The lowest BCUT2D eigenvalue weighted by atomic mass is 9.78. The van der Waals surface area contributed by atoms with E-state index in [4.69, 9.17) is 0 Å². The second-order valence-electron chi connectivity index (χ2n) is 11.3. The Labute approximate surface area is 240 Å². The van der Waals surface area contributed by atoms with Gasteiger partial charge in [-0.05, 0) is 61.1 Å². The van der Waals surface area contributed by atoms with Crippen LogP contribution in [-0.4, -0.2) is 53.7 Å². The van der Waals surface area contributed by atoms with E-state index in [9.17, 15) is 24.0 Å². The Morgan fingerprint density at radius 2 is 1.68 bits per heavy atom. The van der Waals surface area contributed by atoms with Crippen molar-refractivity contribution in [3.8, 4) is 17.2 Å². The number of benzene rings is 3. The van der Waals surface area contributed by atoms with Gasteiger partial charge in [0, 0.05) is 30.9 Å². The third-order valence-corrected chi connectivity index (χ3v) is 7.90. The van der Waals surface area contributed by atoms with Crippen molar-refractivity contribution in [2.75, 3.05) is 19.4 Å². The van der Waals surface area contributed by atoms with Gasteiger partial charge in [0.05, 0.1) is 11.5 Å². The molecule has 212 valence electrons. The lowest BCUT2D eigenvalue weighted by Gasteiger charge is -2.35. The highest BCUT2D eigenvalue weighted by molar-refractivity contribution is 6.06. The number of amides is 3. The number of para-hydroxylation sites is 1. The van der Waals surface area contributed by atoms with Gasteiger partial charge in [0.1, 0.15) is 17.9 Å². The third-order valence-electron chi connectivity index (χ3n) is 7.90. The van der Waals surface area contributed by atoms with Crippen molar-refractivity contribution in [3.63, 3.8) is 0 Å². The van der Waals surface area contributed by atoms with Crippen molar-refractivity contribution in [2.45, 2.75) is 51.1 Å². The van der Waals surface area contributed by atoms with E-state index in [1.807, 2.05) is 38.1 Å². The number of hydrogen-bond acceptors (Lipinski definition) is 4. The summed E-state index contributed by atoms with van der Waals surface area (Å²) in [6.45, 7) is 5.70. The number of nitrogens with zero attached hydrogens (tertiary/aromatic N) is 3. The Kier molecular flexibility index (Phi) is 8.57. The summed E-state index contributed by atoms with van der Waals surface area (Å²) in [5.41, 5.74) is 1.74. The van der Waals surface area contributed by atoms with E-state index >= 15 is 0 Å². The second kappa shape index (κ2) is 11.9. The molecule has 7 nitrogen and oxygen atoms in total. The molecule has 3 aromatic rings. The summed E-state index contributed by atoms with van der Waals surface area (Å²) in [7, 11) is 3.11. The third kappa shape index (κ3) is 5.85. The summed E-state index contributed by atoms with van der Waals surface area (Å²) in [6, 6.07) is 20.8. The number of likely N-dealkylation sites (N-methyl/N-ethyl adjacent to an activating group) is 2. The average molecular weight is 555 g/mol. The molecule has 0 aliphatic carbocycles. The minimum Gasteiger partial charge on any atom is -0.330 e. The number of carbonyl (C=O) groups is 3. The Balaban J connectivity index is 1.59. The van der Waals surface area contributed by atoms with Crippen molar-refractivity contribution >= 4 is 23.4 Å². The van der Waals surface area contributed by atoms with Gasteiger partial charge < -0.3 is 15.1 Å². The first-order valence-corrected chi connectivity index (χ1v) is 13.7. The highest BCUT2D eigenvalue weighted by Crippen LogP contribution is 2.41. The van der Waals surface area contributed by atoms with Crippen LogP contribution in [0.2, 0.25) is 0 Å². The van der Waals surface area contributed by atoms with Crippen molar-refractivity contribution in [1.82, 2.24) is 9.80 Å². The SMILES string of the molecule is CC(C)C[C@@H](C(=O)N(C)[C@H](C#N)C[C@@]1(C)C(=O)Nc2ccccc21)N(C)C(=O)c1cccc(-c2ccccc2F)c1. The predicted molar refractivity (Wildman–Crippen MR) is 156 cm³/mol. The molecular weight excluding hydrogens is 519 g/mol.